The molecule has 2 aliphatic heterocycles. The standard InChI is InChI=1S/C21H29N3O5S/c1-15(2)30(28,29)23-12-10-17(11-13-23)22-21(27)20(26)18-8-9-19(25)24(18)14-16-6-4-3-5-7-16/h3-7,15,17-18H,8-14H2,1-2H3,(H,22,27)/t18-/m1/s1. The number of Topliss-reactive ketones (excluding diaryl/α,β-unsaturated/α-hetero) is 1. The highest BCUT2D eigenvalue weighted by molar-refractivity contribution is 7.89. The minimum atomic E-state index is -3.31. The van der Waals surface area contributed by atoms with Gasteiger partial charge in [-0.25, -0.2) is 12.7 Å². The molecule has 1 atom stereocenters. The normalized spacial score (nSPS) is 21.2. The molecular formula is C21H29N3O5S. The van der Waals surface area contributed by atoms with Crippen molar-refractivity contribution in [3.8, 4) is 0 Å². The van der Waals surface area contributed by atoms with Gasteiger partial charge in [0.05, 0.1) is 5.25 Å². The molecule has 0 aliphatic carbocycles. The van der Waals surface area contributed by atoms with Crippen molar-refractivity contribution in [2.45, 2.75) is 63.4 Å². The average Bonchev–Trinajstić information content (AvgIpc) is 3.08. The lowest BCUT2D eigenvalue weighted by molar-refractivity contribution is -0.143. The molecule has 2 fully saturated rings. The third kappa shape index (κ3) is 4.89. The van der Waals surface area contributed by atoms with Crippen molar-refractivity contribution in [3.63, 3.8) is 0 Å². The van der Waals surface area contributed by atoms with Gasteiger partial charge in [-0.1, -0.05) is 30.3 Å². The van der Waals surface area contributed by atoms with Gasteiger partial charge < -0.3 is 10.2 Å². The first kappa shape index (κ1) is 22.4. The highest BCUT2D eigenvalue weighted by Gasteiger charge is 2.39. The van der Waals surface area contributed by atoms with E-state index in [-0.39, 0.29) is 18.4 Å². The van der Waals surface area contributed by atoms with Crippen LogP contribution < -0.4 is 5.32 Å². The van der Waals surface area contributed by atoms with Crippen LogP contribution in [0, 0.1) is 0 Å². The van der Waals surface area contributed by atoms with E-state index >= 15 is 0 Å². The Morgan fingerprint density at radius 3 is 2.33 bits per heavy atom. The van der Waals surface area contributed by atoms with E-state index in [0.29, 0.717) is 38.9 Å². The summed E-state index contributed by atoms with van der Waals surface area (Å²) >= 11 is 0. The molecule has 8 nitrogen and oxygen atoms in total. The van der Waals surface area contributed by atoms with Gasteiger partial charge in [0.2, 0.25) is 21.7 Å². The fourth-order valence-corrected chi connectivity index (χ4v) is 5.26. The number of ketones is 1. The summed E-state index contributed by atoms with van der Waals surface area (Å²) in [5, 5.41) is 2.26. The Bertz CT molecular complexity index is 892. The van der Waals surface area contributed by atoms with E-state index in [2.05, 4.69) is 5.32 Å². The van der Waals surface area contributed by atoms with E-state index in [1.165, 1.54) is 9.21 Å². The lowest BCUT2D eigenvalue weighted by Crippen LogP contribution is -2.51. The van der Waals surface area contributed by atoms with E-state index in [1.807, 2.05) is 30.3 Å². The summed E-state index contributed by atoms with van der Waals surface area (Å²) in [6, 6.07) is 8.37. The number of benzene rings is 1. The third-order valence-corrected chi connectivity index (χ3v) is 8.07. The number of nitrogens with one attached hydrogen (secondary N) is 1. The van der Waals surface area contributed by atoms with E-state index in [4.69, 9.17) is 0 Å². The number of hydrogen-bond donors (Lipinski definition) is 1. The molecule has 3 rings (SSSR count). The van der Waals surface area contributed by atoms with E-state index < -0.39 is 33.0 Å². The van der Waals surface area contributed by atoms with Gasteiger partial charge in [-0.3, -0.25) is 14.4 Å². The SMILES string of the molecule is CC(C)S(=O)(=O)N1CCC(NC(=O)C(=O)[C@H]2CCC(=O)N2Cc2ccccc2)CC1. The molecule has 2 heterocycles. The zero-order valence-corrected chi connectivity index (χ0v) is 18.2. The smallest absolute Gasteiger partial charge is 0.289 e. The van der Waals surface area contributed by atoms with E-state index in [0.717, 1.165) is 5.56 Å². The predicted molar refractivity (Wildman–Crippen MR) is 112 cm³/mol. The van der Waals surface area contributed by atoms with Gasteiger partial charge in [-0.15, -0.1) is 0 Å². The van der Waals surface area contributed by atoms with Crippen LogP contribution in [-0.4, -0.2) is 65.6 Å². The topological polar surface area (TPSA) is 104 Å². The van der Waals surface area contributed by atoms with Crippen molar-refractivity contribution in [3.05, 3.63) is 35.9 Å². The van der Waals surface area contributed by atoms with Crippen LogP contribution in [0.15, 0.2) is 30.3 Å². The Balaban J connectivity index is 1.57. The average molecular weight is 436 g/mol. The maximum Gasteiger partial charge on any atom is 0.289 e. The molecule has 0 spiro atoms. The van der Waals surface area contributed by atoms with Crippen LogP contribution >= 0.6 is 0 Å². The quantitative estimate of drug-likeness (QED) is 0.645. The van der Waals surface area contributed by atoms with Crippen LogP contribution in [0.3, 0.4) is 0 Å². The van der Waals surface area contributed by atoms with Crippen molar-refractivity contribution in [2.24, 2.45) is 0 Å². The Morgan fingerprint density at radius 1 is 1.10 bits per heavy atom. The second kappa shape index (κ2) is 9.26. The number of carbonyl (C=O) groups excluding carboxylic acids is 3. The van der Waals surface area contributed by atoms with Gasteiger partial charge in [0.1, 0.15) is 6.04 Å². The van der Waals surface area contributed by atoms with Crippen LogP contribution in [0.2, 0.25) is 0 Å². The first-order valence-corrected chi connectivity index (χ1v) is 11.9. The largest absolute Gasteiger partial charge is 0.347 e. The Hall–Kier alpha value is -2.26. The summed E-state index contributed by atoms with van der Waals surface area (Å²) in [4.78, 5) is 39.1. The Morgan fingerprint density at radius 2 is 1.73 bits per heavy atom. The molecule has 30 heavy (non-hydrogen) atoms. The van der Waals surface area contributed by atoms with Gasteiger partial charge in [0, 0.05) is 32.1 Å². The molecule has 0 unspecified atom stereocenters. The summed E-state index contributed by atoms with van der Waals surface area (Å²) < 4.78 is 26.0. The maximum absolute atomic E-state index is 12.8. The summed E-state index contributed by atoms with van der Waals surface area (Å²) in [5.41, 5.74) is 0.907. The number of nitrogens with zero attached hydrogens (tertiary/aromatic N) is 2. The predicted octanol–water partition coefficient (Wildman–Crippen LogP) is 1.07. The molecule has 164 valence electrons. The number of amides is 2. The highest BCUT2D eigenvalue weighted by Crippen LogP contribution is 2.23. The van der Waals surface area contributed by atoms with Gasteiger partial charge in [0.25, 0.3) is 5.91 Å². The molecule has 1 aromatic rings. The molecule has 2 saturated heterocycles. The molecule has 0 aromatic heterocycles. The maximum atomic E-state index is 12.8. The van der Waals surface area contributed by atoms with Crippen molar-refractivity contribution in [1.29, 1.82) is 0 Å². The van der Waals surface area contributed by atoms with Crippen LogP contribution in [0.4, 0.5) is 0 Å². The zero-order valence-electron chi connectivity index (χ0n) is 17.4. The zero-order chi connectivity index (χ0) is 21.9. The molecule has 9 heteroatoms. The Labute approximate surface area is 177 Å². The van der Waals surface area contributed by atoms with Gasteiger partial charge >= 0.3 is 0 Å². The number of sulfonamides is 1. The first-order chi connectivity index (χ1) is 14.2. The van der Waals surface area contributed by atoms with Crippen molar-refractivity contribution < 1.29 is 22.8 Å². The monoisotopic (exact) mass is 435 g/mol. The van der Waals surface area contributed by atoms with Gasteiger partial charge in [-0.2, -0.15) is 0 Å². The molecule has 0 saturated carbocycles. The first-order valence-electron chi connectivity index (χ1n) is 10.4. The van der Waals surface area contributed by atoms with Crippen molar-refractivity contribution >= 4 is 27.6 Å². The van der Waals surface area contributed by atoms with E-state index in [1.54, 1.807) is 13.8 Å². The molecule has 2 amide bonds. The lowest BCUT2D eigenvalue weighted by Gasteiger charge is -2.33. The molecule has 0 bridgehead atoms. The van der Waals surface area contributed by atoms with Gasteiger partial charge in [0.15, 0.2) is 0 Å². The molecule has 1 aromatic carbocycles. The van der Waals surface area contributed by atoms with Crippen LogP contribution in [0.5, 0.6) is 0 Å². The number of rotatable bonds is 7. The Kier molecular flexibility index (Phi) is 6.92. The summed E-state index contributed by atoms with van der Waals surface area (Å²) in [6.45, 7) is 4.23. The van der Waals surface area contributed by atoms with Gasteiger partial charge in [-0.05, 0) is 38.7 Å². The highest BCUT2D eigenvalue weighted by atomic mass is 32.2. The molecular weight excluding hydrogens is 406 g/mol. The fourth-order valence-electron chi connectivity index (χ4n) is 3.95. The second-order valence-corrected chi connectivity index (χ2v) is 10.7. The van der Waals surface area contributed by atoms with Crippen molar-refractivity contribution in [2.75, 3.05) is 13.1 Å². The molecule has 2 aliphatic rings. The minimum Gasteiger partial charge on any atom is -0.347 e. The van der Waals surface area contributed by atoms with Crippen LogP contribution in [0.1, 0.15) is 45.1 Å². The third-order valence-electron chi connectivity index (χ3n) is 5.80. The minimum absolute atomic E-state index is 0.128. The number of carbonyl (C=O) groups is 3. The molecule has 0 radical (unpaired) electrons. The summed E-state index contributed by atoms with van der Waals surface area (Å²) in [5.74, 6) is -1.43. The number of piperidine rings is 1. The number of likely N-dealkylation sites (tertiary alicyclic amines) is 1. The van der Waals surface area contributed by atoms with Crippen molar-refractivity contribution in [1.82, 2.24) is 14.5 Å². The second-order valence-electron chi connectivity index (χ2n) is 8.17. The van der Waals surface area contributed by atoms with Crippen LogP contribution in [-0.2, 0) is 31.0 Å². The lowest BCUT2D eigenvalue weighted by atomic mass is 10.0. The fraction of sp³-hybridized carbons (Fsp3) is 0.571. The summed E-state index contributed by atoms with van der Waals surface area (Å²) in [6.07, 6.45) is 1.51. The number of hydrogen-bond acceptors (Lipinski definition) is 5. The van der Waals surface area contributed by atoms with E-state index in [9.17, 15) is 22.8 Å². The molecule has 1 N–H and O–H groups in total. The van der Waals surface area contributed by atoms with Crippen LogP contribution in [0.25, 0.3) is 0 Å². The summed E-state index contributed by atoms with van der Waals surface area (Å²) in [7, 11) is -3.31.